The molecule has 1 aliphatic rings. The molecule has 1 rings (SSSR count). The molecule has 1 heterocycles. The molecule has 3 unspecified atom stereocenters. The molecule has 4 heteroatoms. The molecule has 0 radical (unpaired) electrons. The Balaban J connectivity index is 2.72. The summed E-state index contributed by atoms with van der Waals surface area (Å²) < 4.78 is 10.3. The molecule has 1 aliphatic heterocycles. The Kier molecular flexibility index (Phi) is 2.73. The predicted octanol–water partition coefficient (Wildman–Crippen LogP) is -0.388. The molecule has 12 heavy (non-hydrogen) atoms. The molecular weight excluding hydrogens is 160 g/mol. The first-order valence-electron chi connectivity index (χ1n) is 4.09. The minimum Gasteiger partial charge on any atom is -0.421 e. The lowest BCUT2D eigenvalue weighted by Gasteiger charge is -2.40. The summed E-state index contributed by atoms with van der Waals surface area (Å²) >= 11 is 0. The van der Waals surface area contributed by atoms with Crippen LogP contribution in [0.4, 0.5) is 0 Å². The van der Waals surface area contributed by atoms with Crippen molar-refractivity contribution in [3.05, 3.63) is 0 Å². The fraction of sp³-hybridized carbons (Fsp3) is 1.00. The number of ether oxygens (including phenoxy) is 2. The van der Waals surface area contributed by atoms with Gasteiger partial charge in [0.15, 0.2) is 0 Å². The maximum absolute atomic E-state index is 9.68. The van der Waals surface area contributed by atoms with E-state index in [9.17, 15) is 5.11 Å². The monoisotopic (exact) mass is 177 g/mol. The number of aliphatic hydroxyl groups excluding tert-OH is 1. The summed E-state index contributed by atoms with van der Waals surface area (Å²) in [5.74, 6) is 0. The van der Waals surface area contributed by atoms with E-state index in [0.717, 1.165) is 0 Å². The van der Waals surface area contributed by atoms with Crippen LogP contribution < -0.4 is 0 Å². The Morgan fingerprint density at radius 3 is 2.75 bits per heavy atom. The quantitative estimate of drug-likeness (QED) is 0.555. The van der Waals surface area contributed by atoms with Crippen molar-refractivity contribution in [1.29, 1.82) is 0 Å². The van der Waals surface area contributed by atoms with Crippen molar-refractivity contribution in [2.24, 2.45) is 0 Å². The maximum Gasteiger partial charge on any atom is 0.266 e. The van der Waals surface area contributed by atoms with E-state index >= 15 is 0 Å². The lowest BCUT2D eigenvalue weighted by molar-refractivity contribution is -0.263. The highest BCUT2D eigenvalue weighted by Crippen LogP contribution is 2.30. The van der Waals surface area contributed by atoms with Crippen LogP contribution in [-0.2, 0) is 9.47 Å². The third kappa shape index (κ3) is 1.61. The fourth-order valence-corrected chi connectivity index (χ4v) is 1.57. The van der Waals surface area contributed by atoms with Crippen LogP contribution in [0, 0.1) is 0 Å². The van der Waals surface area contributed by atoms with Gasteiger partial charge in [-0.1, -0.05) is 0 Å². The topological polar surface area (TPSA) is 61.6 Å². The van der Waals surface area contributed by atoms with Crippen molar-refractivity contribution in [3.8, 4) is 0 Å². The normalized spacial score (nSPS) is 49.2. The van der Waals surface area contributed by atoms with Crippen LogP contribution in [0.3, 0.4) is 0 Å². The second kappa shape index (κ2) is 3.30. The van der Waals surface area contributed by atoms with Gasteiger partial charge in [0.1, 0.15) is 11.7 Å². The van der Waals surface area contributed by atoms with E-state index in [1.165, 1.54) is 0 Å². The first-order valence-corrected chi connectivity index (χ1v) is 4.09. The zero-order valence-electron chi connectivity index (χ0n) is 7.70. The molecule has 0 aromatic rings. The average molecular weight is 177 g/mol. The average Bonchev–Trinajstić information content (AvgIpc) is 2.00. The summed E-state index contributed by atoms with van der Waals surface area (Å²) in [6.07, 6.45) is -1.15. The van der Waals surface area contributed by atoms with Gasteiger partial charge in [-0.05, 0) is 13.8 Å². The van der Waals surface area contributed by atoms with Gasteiger partial charge in [-0.15, -0.1) is 0 Å². The molecule has 0 saturated carbocycles. The highest BCUT2D eigenvalue weighted by atomic mass is 16.6. The van der Waals surface area contributed by atoms with Crippen LogP contribution in [0.2, 0.25) is 0 Å². The molecule has 72 valence electrons. The molecule has 0 spiro atoms. The first-order chi connectivity index (χ1) is 5.49. The van der Waals surface area contributed by atoms with Gasteiger partial charge in [-0.2, -0.15) is 0 Å². The summed E-state index contributed by atoms with van der Waals surface area (Å²) in [6, 6.07) is 0. The second-order valence-corrected chi connectivity index (χ2v) is 3.50. The van der Waals surface area contributed by atoms with Crippen LogP contribution >= 0.6 is 0 Å². The SMILES string of the molecule is COC1(C)C[C@H]([OH2+])OC(C)C1O. The van der Waals surface area contributed by atoms with Crippen LogP contribution in [0.1, 0.15) is 20.3 Å². The van der Waals surface area contributed by atoms with Gasteiger partial charge in [-0.3, -0.25) is 0 Å². The number of aliphatic hydroxyl groups is 1. The molecular formula is C8H17O4+. The zero-order chi connectivity index (χ0) is 9.35. The van der Waals surface area contributed by atoms with E-state index in [-0.39, 0.29) is 6.10 Å². The third-order valence-corrected chi connectivity index (χ3v) is 2.51. The first kappa shape index (κ1) is 9.92. The van der Waals surface area contributed by atoms with Gasteiger partial charge in [0.05, 0.1) is 12.5 Å². The van der Waals surface area contributed by atoms with E-state index in [1.807, 2.05) is 0 Å². The zero-order valence-corrected chi connectivity index (χ0v) is 7.70. The van der Waals surface area contributed by atoms with Gasteiger partial charge in [0.2, 0.25) is 0 Å². The Morgan fingerprint density at radius 2 is 2.25 bits per heavy atom. The van der Waals surface area contributed by atoms with Crippen molar-refractivity contribution in [2.75, 3.05) is 7.11 Å². The lowest BCUT2D eigenvalue weighted by Crippen LogP contribution is -2.55. The highest BCUT2D eigenvalue weighted by Gasteiger charge is 2.46. The highest BCUT2D eigenvalue weighted by molar-refractivity contribution is 4.91. The van der Waals surface area contributed by atoms with Crippen LogP contribution in [0.15, 0.2) is 0 Å². The second-order valence-electron chi connectivity index (χ2n) is 3.50. The molecule has 0 aliphatic carbocycles. The van der Waals surface area contributed by atoms with E-state index in [1.54, 1.807) is 21.0 Å². The van der Waals surface area contributed by atoms with E-state index in [4.69, 9.17) is 14.6 Å². The van der Waals surface area contributed by atoms with Crippen LogP contribution in [-0.4, -0.2) is 41.4 Å². The van der Waals surface area contributed by atoms with Gasteiger partial charge >= 0.3 is 0 Å². The Hall–Kier alpha value is -0.160. The van der Waals surface area contributed by atoms with Crippen molar-refractivity contribution in [2.45, 2.75) is 44.4 Å². The summed E-state index contributed by atoms with van der Waals surface area (Å²) in [5.41, 5.74) is -0.635. The maximum atomic E-state index is 9.68. The van der Waals surface area contributed by atoms with E-state index < -0.39 is 18.0 Å². The largest absolute Gasteiger partial charge is 0.421 e. The molecule has 1 fully saturated rings. The predicted molar refractivity (Wildman–Crippen MR) is 44.0 cm³/mol. The summed E-state index contributed by atoms with van der Waals surface area (Å²) in [4.78, 5) is 0. The Morgan fingerprint density at radius 1 is 1.67 bits per heavy atom. The summed E-state index contributed by atoms with van der Waals surface area (Å²) in [5, 5.41) is 17.1. The van der Waals surface area contributed by atoms with Gasteiger partial charge in [0.25, 0.3) is 6.29 Å². The van der Waals surface area contributed by atoms with Crippen molar-refractivity contribution in [3.63, 3.8) is 0 Å². The molecule has 0 bridgehead atoms. The van der Waals surface area contributed by atoms with Crippen molar-refractivity contribution < 1.29 is 19.7 Å². The van der Waals surface area contributed by atoms with Crippen LogP contribution in [0.5, 0.6) is 0 Å². The standard InChI is InChI=1S/C8H16O4/c1-5-7(10)8(2,11-3)4-6(9)12-5/h5-7,9-10H,4H2,1-3H3/p+1/t5?,6-,7?,8?/m1/s1. The number of hydrogen-bond acceptors (Lipinski definition) is 3. The molecule has 4 nitrogen and oxygen atoms in total. The van der Waals surface area contributed by atoms with Crippen molar-refractivity contribution in [1.82, 2.24) is 0 Å². The minimum absolute atomic E-state index is 0.328. The Labute approximate surface area is 72.1 Å². The minimum atomic E-state index is -0.649. The third-order valence-electron chi connectivity index (χ3n) is 2.51. The van der Waals surface area contributed by atoms with Crippen molar-refractivity contribution >= 4 is 0 Å². The molecule has 0 amide bonds. The van der Waals surface area contributed by atoms with Gasteiger partial charge in [0, 0.05) is 7.11 Å². The number of methoxy groups -OCH3 is 1. The smallest absolute Gasteiger partial charge is 0.266 e. The molecule has 1 saturated heterocycles. The molecule has 0 aromatic heterocycles. The lowest BCUT2D eigenvalue weighted by atomic mass is 9.89. The molecule has 3 N–H and O–H groups in total. The number of rotatable bonds is 1. The molecule has 4 atom stereocenters. The van der Waals surface area contributed by atoms with Gasteiger partial charge < -0.3 is 19.7 Å². The molecule has 0 aromatic carbocycles. The van der Waals surface area contributed by atoms with E-state index in [0.29, 0.717) is 6.42 Å². The fourth-order valence-electron chi connectivity index (χ4n) is 1.57. The van der Waals surface area contributed by atoms with Gasteiger partial charge in [-0.25, -0.2) is 0 Å². The summed E-state index contributed by atoms with van der Waals surface area (Å²) in [7, 11) is 1.55. The number of hydrogen-bond donors (Lipinski definition) is 1. The van der Waals surface area contributed by atoms with Crippen LogP contribution in [0.25, 0.3) is 0 Å². The Bertz CT molecular complexity index is 161. The van der Waals surface area contributed by atoms with E-state index in [2.05, 4.69) is 0 Å². The summed E-state index contributed by atoms with van der Waals surface area (Å²) in [6.45, 7) is 3.56.